The Kier molecular flexibility index (Phi) is 2.68. The SMILES string of the molecule is C=C1CCN(C(=O)c2ccsc2)CC1. The van der Waals surface area contributed by atoms with E-state index in [1.165, 1.54) is 5.57 Å². The first-order chi connectivity index (χ1) is 6.77. The normalized spacial score (nSPS) is 17.1. The molecular weight excluding hydrogens is 194 g/mol. The molecule has 0 spiro atoms. The van der Waals surface area contributed by atoms with E-state index in [2.05, 4.69) is 6.58 Å². The van der Waals surface area contributed by atoms with Crippen molar-refractivity contribution < 1.29 is 4.79 Å². The largest absolute Gasteiger partial charge is 0.338 e. The number of carbonyl (C=O) groups is 1. The molecule has 2 nitrogen and oxygen atoms in total. The van der Waals surface area contributed by atoms with Gasteiger partial charge in [0.25, 0.3) is 5.91 Å². The molecule has 1 amide bonds. The Hall–Kier alpha value is -1.09. The quantitative estimate of drug-likeness (QED) is 0.648. The van der Waals surface area contributed by atoms with Gasteiger partial charge in [0.2, 0.25) is 0 Å². The first kappa shape index (κ1) is 9.46. The van der Waals surface area contributed by atoms with Gasteiger partial charge in [-0.3, -0.25) is 4.79 Å². The van der Waals surface area contributed by atoms with Crippen molar-refractivity contribution >= 4 is 17.2 Å². The molecule has 0 unspecified atom stereocenters. The number of nitrogens with zero attached hydrogens (tertiary/aromatic N) is 1. The van der Waals surface area contributed by atoms with Crippen LogP contribution in [0.15, 0.2) is 29.0 Å². The molecule has 1 fully saturated rings. The Morgan fingerprint density at radius 1 is 1.43 bits per heavy atom. The molecule has 0 N–H and O–H groups in total. The molecule has 3 heteroatoms. The third-order valence-corrected chi connectivity index (χ3v) is 3.21. The summed E-state index contributed by atoms with van der Waals surface area (Å²) in [6.07, 6.45) is 1.91. The molecule has 1 saturated heterocycles. The van der Waals surface area contributed by atoms with Crippen molar-refractivity contribution in [3.05, 3.63) is 34.5 Å². The smallest absolute Gasteiger partial charge is 0.254 e. The van der Waals surface area contributed by atoms with Crippen molar-refractivity contribution in [2.75, 3.05) is 13.1 Å². The van der Waals surface area contributed by atoms with Crippen molar-refractivity contribution in [1.29, 1.82) is 0 Å². The molecule has 0 aliphatic carbocycles. The molecule has 1 aliphatic heterocycles. The zero-order valence-electron chi connectivity index (χ0n) is 8.03. The van der Waals surface area contributed by atoms with Gasteiger partial charge in [0.05, 0.1) is 5.56 Å². The van der Waals surface area contributed by atoms with Crippen LogP contribution in [-0.4, -0.2) is 23.9 Å². The zero-order chi connectivity index (χ0) is 9.97. The van der Waals surface area contributed by atoms with Crippen molar-refractivity contribution in [3.63, 3.8) is 0 Å². The van der Waals surface area contributed by atoms with Crippen molar-refractivity contribution in [2.45, 2.75) is 12.8 Å². The number of hydrogen-bond acceptors (Lipinski definition) is 2. The van der Waals surface area contributed by atoms with Gasteiger partial charge in [0.15, 0.2) is 0 Å². The lowest BCUT2D eigenvalue weighted by Crippen LogP contribution is -2.35. The molecule has 0 radical (unpaired) electrons. The Labute approximate surface area is 87.9 Å². The highest BCUT2D eigenvalue weighted by Crippen LogP contribution is 2.17. The van der Waals surface area contributed by atoms with Gasteiger partial charge in [0, 0.05) is 18.5 Å². The van der Waals surface area contributed by atoms with Crippen LogP contribution in [0.3, 0.4) is 0 Å². The number of carbonyl (C=O) groups excluding carboxylic acids is 1. The molecular formula is C11H13NOS. The predicted octanol–water partition coefficient (Wildman–Crippen LogP) is 2.54. The summed E-state index contributed by atoms with van der Waals surface area (Å²) in [7, 11) is 0. The van der Waals surface area contributed by atoms with Gasteiger partial charge in [-0.15, -0.1) is 0 Å². The number of piperidine rings is 1. The molecule has 2 rings (SSSR count). The molecule has 0 aromatic carbocycles. The first-order valence-corrected chi connectivity index (χ1v) is 5.70. The van der Waals surface area contributed by atoms with Crippen LogP contribution in [-0.2, 0) is 0 Å². The van der Waals surface area contributed by atoms with Crippen LogP contribution < -0.4 is 0 Å². The number of amides is 1. The monoisotopic (exact) mass is 207 g/mol. The highest BCUT2D eigenvalue weighted by atomic mass is 32.1. The summed E-state index contributed by atoms with van der Waals surface area (Å²) in [4.78, 5) is 13.8. The maximum atomic E-state index is 11.9. The third kappa shape index (κ3) is 1.87. The van der Waals surface area contributed by atoms with Gasteiger partial charge in [0.1, 0.15) is 0 Å². The Morgan fingerprint density at radius 3 is 2.71 bits per heavy atom. The lowest BCUT2D eigenvalue weighted by Gasteiger charge is -2.27. The number of likely N-dealkylation sites (tertiary alicyclic amines) is 1. The van der Waals surface area contributed by atoms with Crippen molar-refractivity contribution in [1.82, 2.24) is 4.90 Å². The highest BCUT2D eigenvalue weighted by molar-refractivity contribution is 7.08. The van der Waals surface area contributed by atoms with Crippen LogP contribution in [0.2, 0.25) is 0 Å². The van der Waals surface area contributed by atoms with E-state index >= 15 is 0 Å². The Morgan fingerprint density at radius 2 is 2.14 bits per heavy atom. The summed E-state index contributed by atoms with van der Waals surface area (Å²) < 4.78 is 0. The average Bonchev–Trinajstić information content (AvgIpc) is 2.71. The topological polar surface area (TPSA) is 20.3 Å². The van der Waals surface area contributed by atoms with Crippen LogP contribution >= 0.6 is 11.3 Å². The lowest BCUT2D eigenvalue weighted by molar-refractivity contribution is 0.0744. The van der Waals surface area contributed by atoms with Crippen molar-refractivity contribution in [3.8, 4) is 0 Å². The maximum Gasteiger partial charge on any atom is 0.254 e. The van der Waals surface area contributed by atoms with E-state index in [9.17, 15) is 4.79 Å². The van der Waals surface area contributed by atoms with Crippen LogP contribution in [0, 0.1) is 0 Å². The fourth-order valence-corrected chi connectivity index (χ4v) is 2.22. The van der Waals surface area contributed by atoms with E-state index in [-0.39, 0.29) is 5.91 Å². The highest BCUT2D eigenvalue weighted by Gasteiger charge is 2.19. The molecule has 1 aromatic rings. The van der Waals surface area contributed by atoms with Gasteiger partial charge in [-0.25, -0.2) is 0 Å². The zero-order valence-corrected chi connectivity index (χ0v) is 8.85. The minimum Gasteiger partial charge on any atom is -0.338 e. The molecule has 14 heavy (non-hydrogen) atoms. The van der Waals surface area contributed by atoms with Crippen LogP contribution in [0.4, 0.5) is 0 Å². The van der Waals surface area contributed by atoms with Gasteiger partial charge in [-0.2, -0.15) is 11.3 Å². The Bertz CT molecular complexity index is 332. The number of rotatable bonds is 1. The average molecular weight is 207 g/mol. The second-order valence-corrected chi connectivity index (χ2v) is 4.33. The second-order valence-electron chi connectivity index (χ2n) is 3.55. The van der Waals surface area contributed by atoms with Crippen LogP contribution in [0.25, 0.3) is 0 Å². The molecule has 2 heterocycles. The summed E-state index contributed by atoms with van der Waals surface area (Å²) >= 11 is 1.57. The van der Waals surface area contributed by atoms with E-state index in [1.807, 2.05) is 21.7 Å². The molecule has 0 bridgehead atoms. The fourth-order valence-electron chi connectivity index (χ4n) is 1.59. The number of thiophene rings is 1. The van der Waals surface area contributed by atoms with E-state index in [0.29, 0.717) is 0 Å². The minimum absolute atomic E-state index is 0.166. The summed E-state index contributed by atoms with van der Waals surface area (Å²) in [5, 5.41) is 3.85. The van der Waals surface area contributed by atoms with Gasteiger partial charge >= 0.3 is 0 Å². The van der Waals surface area contributed by atoms with Gasteiger partial charge < -0.3 is 4.90 Å². The third-order valence-electron chi connectivity index (χ3n) is 2.53. The van der Waals surface area contributed by atoms with E-state index < -0.39 is 0 Å². The molecule has 0 saturated carbocycles. The minimum atomic E-state index is 0.166. The first-order valence-electron chi connectivity index (χ1n) is 4.75. The standard InChI is InChI=1S/C11H13NOS/c1-9-2-5-12(6-3-9)11(13)10-4-7-14-8-10/h4,7-8H,1-3,5-6H2. The van der Waals surface area contributed by atoms with E-state index in [1.54, 1.807) is 11.3 Å². The maximum absolute atomic E-state index is 11.9. The summed E-state index contributed by atoms with van der Waals surface area (Å²) in [5.41, 5.74) is 2.09. The second kappa shape index (κ2) is 3.96. The van der Waals surface area contributed by atoms with Crippen LogP contribution in [0.5, 0.6) is 0 Å². The molecule has 0 atom stereocenters. The Balaban J connectivity index is 2.03. The fraction of sp³-hybridized carbons (Fsp3) is 0.364. The summed E-state index contributed by atoms with van der Waals surface area (Å²) in [6, 6.07) is 1.89. The van der Waals surface area contributed by atoms with E-state index in [4.69, 9.17) is 0 Å². The van der Waals surface area contributed by atoms with E-state index in [0.717, 1.165) is 31.5 Å². The lowest BCUT2D eigenvalue weighted by atomic mass is 10.1. The van der Waals surface area contributed by atoms with Crippen LogP contribution in [0.1, 0.15) is 23.2 Å². The van der Waals surface area contributed by atoms with Gasteiger partial charge in [-0.05, 0) is 24.3 Å². The predicted molar refractivity (Wildman–Crippen MR) is 58.6 cm³/mol. The number of hydrogen-bond donors (Lipinski definition) is 0. The molecule has 1 aliphatic rings. The van der Waals surface area contributed by atoms with Crippen molar-refractivity contribution in [2.24, 2.45) is 0 Å². The molecule has 74 valence electrons. The summed E-state index contributed by atoms with van der Waals surface area (Å²) in [6.45, 7) is 5.59. The molecule has 1 aromatic heterocycles. The van der Waals surface area contributed by atoms with Gasteiger partial charge in [-0.1, -0.05) is 12.2 Å². The summed E-state index contributed by atoms with van der Waals surface area (Å²) in [5.74, 6) is 0.166.